The van der Waals surface area contributed by atoms with Gasteiger partial charge in [0.15, 0.2) is 0 Å². The zero-order chi connectivity index (χ0) is 14.8. The summed E-state index contributed by atoms with van der Waals surface area (Å²) in [5, 5.41) is 0. The van der Waals surface area contributed by atoms with E-state index in [-0.39, 0.29) is 10.6 Å². The largest absolute Gasteiger partial charge is 0.398 e. The Morgan fingerprint density at radius 3 is 2.30 bits per heavy atom. The molecule has 0 bridgehead atoms. The Hall–Kier alpha value is -2.01. The van der Waals surface area contributed by atoms with Crippen LogP contribution in [0.1, 0.15) is 18.1 Å². The van der Waals surface area contributed by atoms with E-state index >= 15 is 0 Å². The Balaban J connectivity index is 2.30. The van der Waals surface area contributed by atoms with Crippen molar-refractivity contribution >= 4 is 21.4 Å². The van der Waals surface area contributed by atoms with E-state index < -0.39 is 10.0 Å². The fourth-order valence-corrected chi connectivity index (χ4v) is 3.10. The molecule has 5 heteroatoms. The number of sulfonamides is 1. The van der Waals surface area contributed by atoms with Gasteiger partial charge in [0.2, 0.25) is 0 Å². The SMILES string of the molecule is CCc1ccc(NS(=O)(=O)c2ccc(C)cc2N)cc1. The molecular weight excluding hydrogens is 272 g/mol. The summed E-state index contributed by atoms with van der Waals surface area (Å²) in [5.74, 6) is 0. The Kier molecular flexibility index (Phi) is 3.99. The van der Waals surface area contributed by atoms with E-state index in [2.05, 4.69) is 4.72 Å². The van der Waals surface area contributed by atoms with Gasteiger partial charge in [-0.3, -0.25) is 4.72 Å². The van der Waals surface area contributed by atoms with E-state index in [0.29, 0.717) is 5.69 Å². The highest BCUT2D eigenvalue weighted by Crippen LogP contribution is 2.22. The van der Waals surface area contributed by atoms with Gasteiger partial charge in [0.1, 0.15) is 4.90 Å². The highest BCUT2D eigenvalue weighted by Gasteiger charge is 2.17. The van der Waals surface area contributed by atoms with Crippen molar-refractivity contribution in [1.29, 1.82) is 0 Å². The standard InChI is InChI=1S/C15H18N2O2S/c1-3-12-5-7-13(8-6-12)17-20(18,19)15-9-4-11(2)10-14(15)16/h4-10,17H,3,16H2,1-2H3. The van der Waals surface area contributed by atoms with E-state index in [1.165, 1.54) is 6.07 Å². The molecule has 0 aliphatic rings. The van der Waals surface area contributed by atoms with E-state index in [0.717, 1.165) is 17.5 Å². The second kappa shape index (κ2) is 5.54. The number of nitrogens with two attached hydrogens (primary N) is 1. The van der Waals surface area contributed by atoms with Gasteiger partial charge >= 0.3 is 0 Å². The van der Waals surface area contributed by atoms with Crippen LogP contribution in [0.5, 0.6) is 0 Å². The number of hydrogen-bond acceptors (Lipinski definition) is 3. The second-order valence-corrected chi connectivity index (χ2v) is 6.35. The van der Waals surface area contributed by atoms with E-state index in [9.17, 15) is 8.42 Å². The second-order valence-electron chi connectivity index (χ2n) is 4.70. The molecule has 0 fully saturated rings. The Bertz CT molecular complexity index is 707. The van der Waals surface area contributed by atoms with Gasteiger partial charge < -0.3 is 5.73 Å². The van der Waals surface area contributed by atoms with Crippen LogP contribution in [0.4, 0.5) is 11.4 Å². The minimum atomic E-state index is -3.66. The molecule has 0 aliphatic heterocycles. The normalized spacial score (nSPS) is 11.3. The first kappa shape index (κ1) is 14.4. The number of rotatable bonds is 4. The van der Waals surface area contributed by atoms with Crippen molar-refractivity contribution in [3.8, 4) is 0 Å². The van der Waals surface area contributed by atoms with Crippen molar-refractivity contribution in [3.63, 3.8) is 0 Å². The van der Waals surface area contributed by atoms with Crippen molar-refractivity contribution in [1.82, 2.24) is 0 Å². The molecule has 2 rings (SSSR count). The number of nitrogens with one attached hydrogen (secondary N) is 1. The van der Waals surface area contributed by atoms with Crippen LogP contribution in [0, 0.1) is 6.92 Å². The summed E-state index contributed by atoms with van der Waals surface area (Å²) in [6, 6.07) is 12.2. The molecule has 20 heavy (non-hydrogen) atoms. The highest BCUT2D eigenvalue weighted by molar-refractivity contribution is 7.92. The van der Waals surface area contributed by atoms with Crippen molar-refractivity contribution in [3.05, 3.63) is 53.6 Å². The molecule has 0 heterocycles. The minimum absolute atomic E-state index is 0.0997. The van der Waals surface area contributed by atoms with Gasteiger partial charge in [-0.1, -0.05) is 25.1 Å². The zero-order valence-electron chi connectivity index (χ0n) is 11.6. The van der Waals surface area contributed by atoms with Crippen molar-refractivity contribution < 1.29 is 8.42 Å². The van der Waals surface area contributed by atoms with Crippen LogP contribution >= 0.6 is 0 Å². The molecule has 0 amide bonds. The van der Waals surface area contributed by atoms with Gasteiger partial charge in [-0.05, 0) is 48.7 Å². The lowest BCUT2D eigenvalue weighted by molar-refractivity contribution is 0.601. The smallest absolute Gasteiger partial charge is 0.263 e. The number of anilines is 2. The molecule has 3 N–H and O–H groups in total. The molecule has 0 unspecified atom stereocenters. The van der Waals surface area contributed by atoms with Crippen LogP contribution in [0.3, 0.4) is 0 Å². The first-order valence-electron chi connectivity index (χ1n) is 6.40. The lowest BCUT2D eigenvalue weighted by Gasteiger charge is -2.11. The molecule has 0 aromatic heterocycles. The first-order valence-corrected chi connectivity index (χ1v) is 7.88. The number of hydrogen-bond donors (Lipinski definition) is 2. The zero-order valence-corrected chi connectivity index (χ0v) is 12.4. The van der Waals surface area contributed by atoms with E-state index in [1.54, 1.807) is 24.3 Å². The summed E-state index contributed by atoms with van der Waals surface area (Å²) < 4.78 is 27.1. The van der Waals surface area contributed by atoms with E-state index in [1.807, 2.05) is 26.0 Å². The quantitative estimate of drug-likeness (QED) is 0.850. The van der Waals surface area contributed by atoms with Crippen molar-refractivity contribution in [2.45, 2.75) is 25.2 Å². The average molecular weight is 290 g/mol. The van der Waals surface area contributed by atoms with Crippen LogP contribution in [0.2, 0.25) is 0 Å². The molecule has 0 radical (unpaired) electrons. The minimum Gasteiger partial charge on any atom is -0.398 e. The summed E-state index contributed by atoms with van der Waals surface area (Å²) in [6.07, 6.45) is 0.915. The number of benzene rings is 2. The van der Waals surface area contributed by atoms with Crippen LogP contribution in [0.25, 0.3) is 0 Å². The summed E-state index contributed by atoms with van der Waals surface area (Å²) in [5.41, 5.74) is 8.65. The van der Waals surface area contributed by atoms with Crippen LogP contribution in [0.15, 0.2) is 47.4 Å². The molecule has 0 saturated heterocycles. The molecular formula is C15H18N2O2S. The molecule has 0 atom stereocenters. The van der Waals surface area contributed by atoms with Crippen LogP contribution in [-0.4, -0.2) is 8.42 Å². The molecule has 0 aliphatic carbocycles. The molecule has 2 aromatic carbocycles. The summed E-state index contributed by atoms with van der Waals surface area (Å²) in [4.78, 5) is 0.0997. The first-order chi connectivity index (χ1) is 9.42. The summed E-state index contributed by atoms with van der Waals surface area (Å²) in [7, 11) is -3.66. The lowest BCUT2D eigenvalue weighted by atomic mass is 10.2. The van der Waals surface area contributed by atoms with Gasteiger partial charge in [-0.25, -0.2) is 8.42 Å². The Labute approximate surface area is 119 Å². The number of aryl methyl sites for hydroxylation is 2. The maximum atomic E-state index is 12.3. The van der Waals surface area contributed by atoms with Crippen LogP contribution < -0.4 is 10.5 Å². The number of nitrogen functional groups attached to an aromatic ring is 1. The monoisotopic (exact) mass is 290 g/mol. The van der Waals surface area contributed by atoms with Crippen LogP contribution in [-0.2, 0) is 16.4 Å². The fourth-order valence-electron chi connectivity index (χ4n) is 1.93. The third kappa shape index (κ3) is 3.11. The molecule has 106 valence electrons. The third-order valence-electron chi connectivity index (χ3n) is 3.07. The Morgan fingerprint density at radius 2 is 1.75 bits per heavy atom. The average Bonchev–Trinajstić information content (AvgIpc) is 2.38. The lowest BCUT2D eigenvalue weighted by Crippen LogP contribution is -2.14. The third-order valence-corrected chi connectivity index (χ3v) is 4.52. The molecule has 4 nitrogen and oxygen atoms in total. The molecule has 0 spiro atoms. The van der Waals surface area contributed by atoms with Gasteiger partial charge in [0.05, 0.1) is 5.69 Å². The van der Waals surface area contributed by atoms with Gasteiger partial charge in [0, 0.05) is 5.69 Å². The predicted octanol–water partition coefficient (Wildman–Crippen LogP) is 2.94. The molecule has 2 aromatic rings. The van der Waals surface area contributed by atoms with Gasteiger partial charge in [-0.15, -0.1) is 0 Å². The van der Waals surface area contributed by atoms with E-state index in [4.69, 9.17) is 5.73 Å². The topological polar surface area (TPSA) is 72.2 Å². The fraction of sp³-hybridized carbons (Fsp3) is 0.200. The highest BCUT2D eigenvalue weighted by atomic mass is 32.2. The maximum Gasteiger partial charge on any atom is 0.263 e. The molecule has 0 saturated carbocycles. The van der Waals surface area contributed by atoms with Gasteiger partial charge in [-0.2, -0.15) is 0 Å². The van der Waals surface area contributed by atoms with Gasteiger partial charge in [0.25, 0.3) is 10.0 Å². The summed E-state index contributed by atoms with van der Waals surface area (Å²) >= 11 is 0. The summed E-state index contributed by atoms with van der Waals surface area (Å²) in [6.45, 7) is 3.91. The maximum absolute atomic E-state index is 12.3. The predicted molar refractivity (Wildman–Crippen MR) is 82.2 cm³/mol. The van der Waals surface area contributed by atoms with Crippen molar-refractivity contribution in [2.75, 3.05) is 10.5 Å². The Morgan fingerprint density at radius 1 is 1.10 bits per heavy atom. The van der Waals surface area contributed by atoms with Crippen molar-refractivity contribution in [2.24, 2.45) is 0 Å².